The molecular formula is C14H15F3O4. The van der Waals surface area contributed by atoms with Crippen molar-refractivity contribution in [2.75, 3.05) is 19.8 Å². The molecule has 1 fully saturated rings. The molecule has 1 heterocycles. The van der Waals surface area contributed by atoms with E-state index in [2.05, 4.69) is 0 Å². The number of alkyl halides is 3. The highest BCUT2D eigenvalue weighted by molar-refractivity contribution is 5.70. The quantitative estimate of drug-likeness (QED) is 0.909. The molecule has 0 aromatic heterocycles. The van der Waals surface area contributed by atoms with E-state index in [9.17, 15) is 23.1 Å². The molecule has 1 aliphatic rings. The molecule has 1 aromatic rings. The second-order valence-electron chi connectivity index (χ2n) is 4.90. The van der Waals surface area contributed by atoms with Crippen molar-refractivity contribution in [3.63, 3.8) is 0 Å². The van der Waals surface area contributed by atoms with Gasteiger partial charge < -0.3 is 14.6 Å². The van der Waals surface area contributed by atoms with Gasteiger partial charge in [-0.15, -0.1) is 0 Å². The number of carboxylic acid groups (broad SMARTS) is 1. The van der Waals surface area contributed by atoms with Crippen molar-refractivity contribution in [1.29, 1.82) is 0 Å². The fourth-order valence-corrected chi connectivity index (χ4v) is 2.21. The standard InChI is InChI=1S/C14H15F3O4/c15-14(16,17)10-1-3-11(4-2-10)21-8-12(13(18)19)9-5-6-20-7-9/h1-4,9,12H,5-8H2,(H,18,19). The molecule has 1 aromatic carbocycles. The zero-order valence-corrected chi connectivity index (χ0v) is 11.1. The lowest BCUT2D eigenvalue weighted by molar-refractivity contribution is -0.145. The van der Waals surface area contributed by atoms with Crippen LogP contribution in [0.5, 0.6) is 5.75 Å². The molecule has 1 N–H and O–H groups in total. The van der Waals surface area contributed by atoms with Gasteiger partial charge in [0.25, 0.3) is 0 Å². The van der Waals surface area contributed by atoms with Gasteiger partial charge in [0.1, 0.15) is 12.4 Å². The molecule has 2 atom stereocenters. The van der Waals surface area contributed by atoms with E-state index in [1.54, 1.807) is 0 Å². The molecule has 4 nitrogen and oxygen atoms in total. The van der Waals surface area contributed by atoms with Crippen molar-refractivity contribution in [3.8, 4) is 5.75 Å². The van der Waals surface area contributed by atoms with E-state index in [0.717, 1.165) is 12.1 Å². The van der Waals surface area contributed by atoms with Crippen LogP contribution in [-0.2, 0) is 15.7 Å². The number of halogens is 3. The highest BCUT2D eigenvalue weighted by atomic mass is 19.4. The zero-order chi connectivity index (χ0) is 15.5. The maximum atomic E-state index is 12.4. The molecule has 0 amide bonds. The predicted molar refractivity (Wildman–Crippen MR) is 67.0 cm³/mol. The minimum absolute atomic E-state index is 0.0886. The minimum Gasteiger partial charge on any atom is -0.493 e. The summed E-state index contributed by atoms with van der Waals surface area (Å²) in [5.74, 6) is -1.63. The zero-order valence-electron chi connectivity index (χ0n) is 11.1. The van der Waals surface area contributed by atoms with Gasteiger partial charge in [0.05, 0.1) is 18.1 Å². The van der Waals surface area contributed by atoms with E-state index >= 15 is 0 Å². The molecule has 116 valence electrons. The average Bonchev–Trinajstić information content (AvgIpc) is 2.92. The molecule has 21 heavy (non-hydrogen) atoms. The van der Waals surface area contributed by atoms with Gasteiger partial charge in [-0.25, -0.2) is 0 Å². The first-order chi connectivity index (χ1) is 9.88. The Bertz CT molecular complexity index is 478. The van der Waals surface area contributed by atoms with Crippen molar-refractivity contribution in [2.24, 2.45) is 11.8 Å². The summed E-state index contributed by atoms with van der Waals surface area (Å²) < 4.78 is 47.7. The molecule has 2 rings (SSSR count). The summed E-state index contributed by atoms with van der Waals surface area (Å²) in [4.78, 5) is 11.2. The predicted octanol–water partition coefficient (Wildman–Crippen LogP) is 2.82. The Labute approximate surface area is 119 Å². The van der Waals surface area contributed by atoms with Gasteiger partial charge in [0, 0.05) is 12.5 Å². The minimum atomic E-state index is -4.40. The summed E-state index contributed by atoms with van der Waals surface area (Å²) in [7, 11) is 0. The van der Waals surface area contributed by atoms with Gasteiger partial charge in [-0.05, 0) is 30.7 Å². The third kappa shape index (κ3) is 4.10. The maximum Gasteiger partial charge on any atom is 0.416 e. The molecule has 1 saturated heterocycles. The van der Waals surface area contributed by atoms with E-state index in [1.165, 1.54) is 12.1 Å². The molecular weight excluding hydrogens is 289 g/mol. The maximum absolute atomic E-state index is 12.4. The molecule has 2 unspecified atom stereocenters. The summed E-state index contributed by atoms with van der Waals surface area (Å²) >= 11 is 0. The van der Waals surface area contributed by atoms with Crippen LogP contribution in [0.3, 0.4) is 0 Å². The highest BCUT2D eigenvalue weighted by Crippen LogP contribution is 2.30. The molecule has 0 aliphatic carbocycles. The second kappa shape index (κ2) is 6.34. The summed E-state index contributed by atoms with van der Waals surface area (Å²) in [6, 6.07) is 4.19. The van der Waals surface area contributed by atoms with E-state index in [1.807, 2.05) is 0 Å². The fourth-order valence-electron chi connectivity index (χ4n) is 2.21. The van der Waals surface area contributed by atoms with Crippen LogP contribution in [0.4, 0.5) is 13.2 Å². The number of aliphatic carboxylic acids is 1. The number of hydrogen-bond donors (Lipinski definition) is 1. The molecule has 0 saturated carbocycles. The second-order valence-corrected chi connectivity index (χ2v) is 4.90. The van der Waals surface area contributed by atoms with Gasteiger partial charge >= 0.3 is 12.1 Å². The van der Waals surface area contributed by atoms with Crippen LogP contribution in [0, 0.1) is 11.8 Å². The summed E-state index contributed by atoms with van der Waals surface area (Å²) in [5.41, 5.74) is -0.770. The van der Waals surface area contributed by atoms with Crippen LogP contribution in [0.2, 0.25) is 0 Å². The number of benzene rings is 1. The SMILES string of the molecule is O=C(O)C(COc1ccc(C(F)(F)F)cc1)C1CCOC1. The summed E-state index contributed by atoms with van der Waals surface area (Å²) in [6.45, 7) is 0.802. The smallest absolute Gasteiger partial charge is 0.416 e. The number of ether oxygens (including phenoxy) is 2. The number of hydrogen-bond acceptors (Lipinski definition) is 3. The molecule has 7 heteroatoms. The lowest BCUT2D eigenvalue weighted by atomic mass is 9.92. The lowest BCUT2D eigenvalue weighted by Crippen LogP contribution is -2.29. The molecule has 1 aliphatic heterocycles. The van der Waals surface area contributed by atoms with E-state index in [-0.39, 0.29) is 18.3 Å². The van der Waals surface area contributed by atoms with Gasteiger partial charge in [0.2, 0.25) is 0 Å². The third-order valence-corrected chi connectivity index (χ3v) is 3.46. The number of carbonyl (C=O) groups is 1. The van der Waals surface area contributed by atoms with Crippen molar-refractivity contribution in [2.45, 2.75) is 12.6 Å². The van der Waals surface area contributed by atoms with E-state index in [4.69, 9.17) is 9.47 Å². The van der Waals surface area contributed by atoms with Crippen LogP contribution in [0.25, 0.3) is 0 Å². The number of rotatable bonds is 5. The van der Waals surface area contributed by atoms with Crippen molar-refractivity contribution >= 4 is 5.97 Å². The van der Waals surface area contributed by atoms with Crippen LogP contribution in [0.1, 0.15) is 12.0 Å². The normalized spacial score (nSPS) is 20.2. The Hall–Kier alpha value is -1.76. The fraction of sp³-hybridized carbons (Fsp3) is 0.500. The van der Waals surface area contributed by atoms with Gasteiger partial charge in [0.15, 0.2) is 0 Å². The summed E-state index contributed by atoms with van der Waals surface area (Å²) in [6.07, 6.45) is -3.75. The largest absolute Gasteiger partial charge is 0.493 e. The van der Waals surface area contributed by atoms with Crippen LogP contribution in [-0.4, -0.2) is 30.9 Å². The lowest BCUT2D eigenvalue weighted by Gasteiger charge is -2.18. The van der Waals surface area contributed by atoms with Gasteiger partial charge in [-0.2, -0.15) is 13.2 Å². The van der Waals surface area contributed by atoms with Crippen LogP contribution in [0.15, 0.2) is 24.3 Å². The van der Waals surface area contributed by atoms with Gasteiger partial charge in [-0.1, -0.05) is 0 Å². The van der Waals surface area contributed by atoms with Crippen molar-refractivity contribution < 1.29 is 32.5 Å². The highest BCUT2D eigenvalue weighted by Gasteiger charge is 2.32. The molecule has 0 bridgehead atoms. The Balaban J connectivity index is 1.96. The van der Waals surface area contributed by atoms with Crippen LogP contribution < -0.4 is 4.74 Å². The van der Waals surface area contributed by atoms with Crippen molar-refractivity contribution in [3.05, 3.63) is 29.8 Å². The topological polar surface area (TPSA) is 55.8 Å². The molecule has 0 spiro atoms. The van der Waals surface area contributed by atoms with Gasteiger partial charge in [-0.3, -0.25) is 4.79 Å². The van der Waals surface area contributed by atoms with Crippen LogP contribution >= 0.6 is 0 Å². The first-order valence-corrected chi connectivity index (χ1v) is 6.48. The number of carboxylic acids is 1. The average molecular weight is 304 g/mol. The van der Waals surface area contributed by atoms with Crippen molar-refractivity contribution in [1.82, 2.24) is 0 Å². The van der Waals surface area contributed by atoms with E-state index < -0.39 is 23.6 Å². The Morgan fingerprint density at radius 2 is 2.05 bits per heavy atom. The Kier molecular flexibility index (Phi) is 4.72. The third-order valence-electron chi connectivity index (χ3n) is 3.46. The summed E-state index contributed by atoms with van der Waals surface area (Å²) in [5, 5.41) is 9.18. The van der Waals surface area contributed by atoms with E-state index in [0.29, 0.717) is 19.6 Å². The molecule has 0 radical (unpaired) electrons. The Morgan fingerprint density at radius 3 is 2.52 bits per heavy atom. The Morgan fingerprint density at radius 1 is 1.38 bits per heavy atom. The first kappa shape index (κ1) is 15.6. The first-order valence-electron chi connectivity index (χ1n) is 6.48. The monoisotopic (exact) mass is 304 g/mol.